The molecule has 172 valence electrons. The fraction of sp³-hybridized carbons (Fsp3) is 0.308. The lowest BCUT2D eigenvalue weighted by molar-refractivity contribution is -0.131. The summed E-state index contributed by atoms with van der Waals surface area (Å²) < 4.78 is 16.8. The number of benzene rings is 2. The molecule has 34 heavy (non-hydrogen) atoms. The number of aromatic amines is 1. The Bertz CT molecular complexity index is 1460. The van der Waals surface area contributed by atoms with Crippen LogP contribution in [0.15, 0.2) is 59.5 Å². The predicted molar refractivity (Wildman–Crippen MR) is 126 cm³/mol. The molecule has 1 atom stereocenters. The monoisotopic (exact) mass is 457 g/mol. The Morgan fingerprint density at radius 2 is 1.91 bits per heavy atom. The van der Waals surface area contributed by atoms with Crippen molar-refractivity contribution >= 4 is 16.8 Å². The van der Waals surface area contributed by atoms with E-state index in [1.54, 1.807) is 12.3 Å². The van der Waals surface area contributed by atoms with E-state index < -0.39 is 5.82 Å². The van der Waals surface area contributed by atoms with Crippen LogP contribution in [0, 0.1) is 17.7 Å². The lowest BCUT2D eigenvalue weighted by Crippen LogP contribution is -2.31. The number of hydrogen-bond acceptors (Lipinski definition) is 4. The Balaban J connectivity index is 1.26. The third kappa shape index (κ3) is 3.79. The van der Waals surface area contributed by atoms with Gasteiger partial charge in [-0.05, 0) is 60.6 Å². The Morgan fingerprint density at radius 3 is 2.74 bits per heavy atom. The maximum absolute atomic E-state index is 15.3. The maximum atomic E-state index is 15.3. The molecule has 2 aromatic heterocycles. The van der Waals surface area contributed by atoms with Crippen molar-refractivity contribution in [3.05, 3.63) is 71.0 Å². The summed E-state index contributed by atoms with van der Waals surface area (Å²) in [5, 5.41) is 7.61. The number of amides is 1. The number of nitrogens with zero attached hydrogens (tertiary/aromatic N) is 4. The summed E-state index contributed by atoms with van der Waals surface area (Å²) in [4.78, 5) is 31.1. The van der Waals surface area contributed by atoms with Crippen molar-refractivity contribution in [1.29, 1.82) is 0 Å². The maximum Gasteiger partial charge on any atom is 0.343 e. The van der Waals surface area contributed by atoms with Crippen LogP contribution in [0.25, 0.3) is 33.4 Å². The molecular formula is C26H24FN5O2. The Hall–Kier alpha value is -3.81. The van der Waals surface area contributed by atoms with E-state index >= 15 is 4.39 Å². The number of hydrogen-bond donors (Lipinski definition) is 1. The van der Waals surface area contributed by atoms with Crippen molar-refractivity contribution in [1.82, 2.24) is 24.6 Å². The average Bonchev–Trinajstić information content (AvgIpc) is 3.51. The lowest BCUT2D eigenvalue weighted by Gasteiger charge is -2.16. The molecule has 1 N–H and O–H groups in total. The normalized spacial score (nSPS) is 18.0. The summed E-state index contributed by atoms with van der Waals surface area (Å²) in [7, 11) is 0. The van der Waals surface area contributed by atoms with Gasteiger partial charge in [0.15, 0.2) is 5.82 Å². The van der Waals surface area contributed by atoms with E-state index in [1.165, 1.54) is 10.6 Å². The molecule has 1 aliphatic heterocycles. The van der Waals surface area contributed by atoms with E-state index in [1.807, 2.05) is 41.3 Å². The van der Waals surface area contributed by atoms with Crippen LogP contribution in [0.4, 0.5) is 4.39 Å². The van der Waals surface area contributed by atoms with E-state index in [0.717, 1.165) is 41.3 Å². The molecule has 7 nitrogen and oxygen atoms in total. The largest absolute Gasteiger partial charge is 0.343 e. The van der Waals surface area contributed by atoms with Crippen molar-refractivity contribution in [3.63, 3.8) is 0 Å². The summed E-state index contributed by atoms with van der Waals surface area (Å²) in [6.07, 6.45) is 4.53. The van der Waals surface area contributed by atoms with Crippen LogP contribution in [0.3, 0.4) is 0 Å². The molecular weight excluding hydrogens is 433 g/mol. The Labute approximate surface area is 195 Å². The van der Waals surface area contributed by atoms with Crippen LogP contribution >= 0.6 is 0 Å². The van der Waals surface area contributed by atoms with Gasteiger partial charge in [0.05, 0.1) is 11.1 Å². The molecule has 0 bridgehead atoms. The highest BCUT2D eigenvalue weighted by molar-refractivity contribution is 5.84. The zero-order valence-electron chi connectivity index (χ0n) is 18.6. The third-order valence-corrected chi connectivity index (χ3v) is 6.87. The van der Waals surface area contributed by atoms with Crippen molar-refractivity contribution in [2.75, 3.05) is 13.1 Å². The molecule has 6 rings (SSSR count). The number of carbonyl (C=O) groups is 1. The second kappa shape index (κ2) is 8.20. The van der Waals surface area contributed by atoms with Crippen LogP contribution < -0.4 is 5.69 Å². The number of pyridine rings is 1. The quantitative estimate of drug-likeness (QED) is 0.493. The molecule has 1 saturated heterocycles. The molecule has 3 heterocycles. The van der Waals surface area contributed by atoms with E-state index in [9.17, 15) is 9.59 Å². The summed E-state index contributed by atoms with van der Waals surface area (Å²) in [6, 6.07) is 14.7. The highest BCUT2D eigenvalue weighted by Crippen LogP contribution is 2.33. The fourth-order valence-corrected chi connectivity index (χ4v) is 4.84. The molecule has 1 saturated carbocycles. The molecule has 1 amide bonds. The first-order valence-electron chi connectivity index (χ1n) is 11.7. The summed E-state index contributed by atoms with van der Waals surface area (Å²) in [6.45, 7) is 1.74. The zero-order chi connectivity index (χ0) is 23.2. The van der Waals surface area contributed by atoms with Crippen molar-refractivity contribution in [2.45, 2.75) is 25.8 Å². The van der Waals surface area contributed by atoms with Gasteiger partial charge in [0.2, 0.25) is 5.91 Å². The van der Waals surface area contributed by atoms with E-state index in [2.05, 4.69) is 15.2 Å². The van der Waals surface area contributed by atoms with E-state index in [-0.39, 0.29) is 34.8 Å². The van der Waals surface area contributed by atoms with Gasteiger partial charge in [-0.1, -0.05) is 24.3 Å². The van der Waals surface area contributed by atoms with Crippen molar-refractivity contribution in [2.24, 2.45) is 11.8 Å². The molecule has 2 fully saturated rings. The molecule has 4 aromatic rings. The topological polar surface area (TPSA) is 83.9 Å². The molecule has 2 aliphatic rings. The van der Waals surface area contributed by atoms with Gasteiger partial charge in [-0.2, -0.15) is 5.10 Å². The lowest BCUT2D eigenvalue weighted by atomic mass is 10.0. The Morgan fingerprint density at radius 1 is 1.09 bits per heavy atom. The van der Waals surface area contributed by atoms with Crippen LogP contribution in [0.5, 0.6) is 0 Å². The van der Waals surface area contributed by atoms with Crippen LogP contribution in [-0.2, 0) is 11.3 Å². The van der Waals surface area contributed by atoms with Crippen LogP contribution in [0.2, 0.25) is 0 Å². The number of H-pyrrole nitrogens is 1. The van der Waals surface area contributed by atoms with Gasteiger partial charge in [-0.15, -0.1) is 0 Å². The third-order valence-electron chi connectivity index (χ3n) is 6.87. The number of nitrogens with one attached hydrogen (secondary N) is 1. The van der Waals surface area contributed by atoms with Crippen LogP contribution in [-0.4, -0.2) is 43.6 Å². The molecule has 0 spiro atoms. The smallest absolute Gasteiger partial charge is 0.342 e. The van der Waals surface area contributed by atoms with Gasteiger partial charge in [-0.3, -0.25) is 14.3 Å². The van der Waals surface area contributed by atoms with Gasteiger partial charge in [0.25, 0.3) is 0 Å². The average molecular weight is 458 g/mol. The highest BCUT2D eigenvalue weighted by Gasteiger charge is 2.37. The number of likely N-dealkylation sites (tertiary alicyclic amines) is 1. The van der Waals surface area contributed by atoms with Crippen molar-refractivity contribution < 1.29 is 9.18 Å². The molecule has 8 heteroatoms. The van der Waals surface area contributed by atoms with Gasteiger partial charge in [0.1, 0.15) is 5.82 Å². The predicted octanol–water partition coefficient (Wildman–Crippen LogP) is 3.85. The number of aromatic nitrogens is 4. The second-order valence-electron chi connectivity index (χ2n) is 9.28. The standard InChI is InChI=1S/C26H24FN5O2/c27-22-12-19(20-6-3-17-2-1-10-28-23(17)13-20)7-8-21(22)24-29-30-26(34)32(24)15-16-9-11-31(14-16)25(33)18-4-5-18/h1-3,6-8,10,12-13,16,18H,4-5,9,11,14-15H2,(H,30,34). The van der Waals surface area contributed by atoms with E-state index in [4.69, 9.17) is 0 Å². The summed E-state index contributed by atoms with van der Waals surface area (Å²) >= 11 is 0. The fourth-order valence-electron chi connectivity index (χ4n) is 4.84. The number of carbonyl (C=O) groups excluding carboxylic acids is 1. The SMILES string of the molecule is O=C(C1CC1)N1CCC(Cn2c(-c3ccc(-c4ccc5cccnc5c4)cc3F)n[nH]c2=O)C1. The highest BCUT2D eigenvalue weighted by atomic mass is 19.1. The minimum atomic E-state index is -0.448. The molecule has 0 radical (unpaired) electrons. The molecule has 2 aromatic carbocycles. The zero-order valence-corrected chi connectivity index (χ0v) is 18.6. The molecule has 1 aliphatic carbocycles. The van der Waals surface area contributed by atoms with Crippen molar-refractivity contribution in [3.8, 4) is 22.5 Å². The number of fused-ring (bicyclic) bond motifs is 1. The minimum Gasteiger partial charge on any atom is -0.342 e. The minimum absolute atomic E-state index is 0.143. The number of rotatable bonds is 5. The number of halogens is 1. The first-order valence-corrected chi connectivity index (χ1v) is 11.7. The van der Waals surface area contributed by atoms with Gasteiger partial charge < -0.3 is 4.90 Å². The van der Waals surface area contributed by atoms with Crippen LogP contribution in [0.1, 0.15) is 19.3 Å². The van der Waals surface area contributed by atoms with Gasteiger partial charge in [0, 0.05) is 37.1 Å². The van der Waals surface area contributed by atoms with E-state index in [0.29, 0.717) is 19.6 Å². The Kier molecular flexibility index (Phi) is 5.01. The summed E-state index contributed by atoms with van der Waals surface area (Å²) in [5.74, 6) is 0.394. The summed E-state index contributed by atoms with van der Waals surface area (Å²) in [5.41, 5.74) is 2.33. The van der Waals surface area contributed by atoms with Gasteiger partial charge in [-0.25, -0.2) is 14.3 Å². The van der Waals surface area contributed by atoms with Gasteiger partial charge >= 0.3 is 5.69 Å². The first kappa shape index (κ1) is 20.8. The second-order valence-corrected chi connectivity index (χ2v) is 9.28. The molecule has 1 unspecified atom stereocenters. The first-order chi connectivity index (χ1) is 16.6.